The number of nitrogens with one attached hydrogen (secondary N) is 1. The van der Waals surface area contributed by atoms with Crippen LogP contribution in [0.3, 0.4) is 0 Å². The van der Waals surface area contributed by atoms with Crippen molar-refractivity contribution >= 4 is 33.2 Å². The molecule has 0 radical (unpaired) electrons. The van der Waals surface area contributed by atoms with Gasteiger partial charge in [0.15, 0.2) is 0 Å². The van der Waals surface area contributed by atoms with E-state index in [9.17, 15) is 4.79 Å². The Morgan fingerprint density at radius 3 is 2.63 bits per heavy atom. The Morgan fingerprint density at radius 1 is 1.26 bits per heavy atom. The van der Waals surface area contributed by atoms with Crippen LogP contribution in [0, 0.1) is 0 Å². The fourth-order valence-electron chi connectivity index (χ4n) is 1.72. The summed E-state index contributed by atoms with van der Waals surface area (Å²) < 4.78 is 1.11. The molecule has 1 atom stereocenters. The maximum Gasteiger partial charge on any atom is 0.241 e. The van der Waals surface area contributed by atoms with Crippen molar-refractivity contribution in [1.29, 1.82) is 0 Å². The van der Waals surface area contributed by atoms with E-state index in [1.165, 1.54) is 4.88 Å². The molecule has 1 aromatic heterocycles. The van der Waals surface area contributed by atoms with E-state index in [1.54, 1.807) is 11.3 Å². The molecule has 0 unspecified atom stereocenters. The molecule has 3 nitrogen and oxygen atoms in total. The van der Waals surface area contributed by atoms with Gasteiger partial charge in [-0.05, 0) is 40.0 Å². The van der Waals surface area contributed by atoms with Crippen molar-refractivity contribution in [3.05, 3.63) is 56.7 Å². The minimum Gasteiger partial charge on any atom is -0.354 e. The van der Waals surface area contributed by atoms with Crippen LogP contribution in [0.15, 0.2) is 46.3 Å². The Kier molecular flexibility index (Phi) is 5.13. The van der Waals surface area contributed by atoms with Crippen LogP contribution < -0.4 is 11.1 Å². The van der Waals surface area contributed by atoms with Gasteiger partial charge in [0, 0.05) is 11.4 Å². The molecule has 0 saturated carbocycles. The molecule has 1 aromatic carbocycles. The Hall–Kier alpha value is -1.17. The molecule has 19 heavy (non-hydrogen) atoms. The predicted octanol–water partition coefficient (Wildman–Crippen LogP) is 2.87. The molecule has 1 amide bonds. The second-order valence-electron chi connectivity index (χ2n) is 4.14. The zero-order chi connectivity index (χ0) is 13.7. The summed E-state index contributed by atoms with van der Waals surface area (Å²) in [4.78, 5) is 13.1. The van der Waals surface area contributed by atoms with Crippen LogP contribution in [-0.2, 0) is 11.2 Å². The van der Waals surface area contributed by atoms with E-state index < -0.39 is 6.04 Å². The van der Waals surface area contributed by atoms with Gasteiger partial charge in [-0.1, -0.05) is 30.3 Å². The number of nitrogens with two attached hydrogens (primary N) is 1. The van der Waals surface area contributed by atoms with Crippen LogP contribution in [0.25, 0.3) is 0 Å². The number of benzene rings is 1. The number of carbonyl (C=O) groups is 1. The van der Waals surface area contributed by atoms with Gasteiger partial charge >= 0.3 is 0 Å². The van der Waals surface area contributed by atoms with E-state index in [0.717, 1.165) is 15.8 Å². The molecule has 0 bridgehead atoms. The monoisotopic (exact) mass is 338 g/mol. The summed E-state index contributed by atoms with van der Waals surface area (Å²) in [5.74, 6) is -0.137. The Bertz CT molecular complexity index is 541. The highest BCUT2D eigenvalue weighted by molar-refractivity contribution is 9.11. The second kappa shape index (κ2) is 6.84. The van der Waals surface area contributed by atoms with E-state index >= 15 is 0 Å². The summed E-state index contributed by atoms with van der Waals surface area (Å²) in [6.45, 7) is 0.603. The van der Waals surface area contributed by atoms with Crippen molar-refractivity contribution in [3.63, 3.8) is 0 Å². The molecule has 0 aliphatic heterocycles. The Balaban J connectivity index is 1.81. The van der Waals surface area contributed by atoms with Crippen molar-refractivity contribution in [2.75, 3.05) is 6.54 Å². The number of halogens is 1. The quantitative estimate of drug-likeness (QED) is 0.880. The van der Waals surface area contributed by atoms with E-state index in [1.807, 2.05) is 36.4 Å². The average molecular weight is 339 g/mol. The number of carbonyl (C=O) groups excluding carboxylic acids is 1. The van der Waals surface area contributed by atoms with Crippen molar-refractivity contribution in [1.82, 2.24) is 5.32 Å². The van der Waals surface area contributed by atoms with Gasteiger partial charge < -0.3 is 11.1 Å². The molecule has 100 valence electrons. The summed E-state index contributed by atoms with van der Waals surface area (Å²) in [6, 6.07) is 12.9. The van der Waals surface area contributed by atoms with Crippen LogP contribution in [0.4, 0.5) is 0 Å². The molecule has 0 spiro atoms. The van der Waals surface area contributed by atoms with E-state index in [0.29, 0.717) is 6.54 Å². The molecule has 0 saturated heterocycles. The molecule has 0 aliphatic rings. The smallest absolute Gasteiger partial charge is 0.241 e. The third-order valence-electron chi connectivity index (χ3n) is 2.74. The lowest BCUT2D eigenvalue weighted by Crippen LogP contribution is -2.35. The topological polar surface area (TPSA) is 55.1 Å². The number of thiophene rings is 1. The summed E-state index contributed by atoms with van der Waals surface area (Å²) in [5.41, 5.74) is 6.74. The van der Waals surface area contributed by atoms with Crippen LogP contribution in [0.2, 0.25) is 0 Å². The normalized spacial score (nSPS) is 12.1. The number of rotatable bonds is 5. The van der Waals surface area contributed by atoms with Crippen LogP contribution in [0.5, 0.6) is 0 Å². The molecule has 0 fully saturated rings. The second-order valence-corrected chi connectivity index (χ2v) is 6.68. The third-order valence-corrected chi connectivity index (χ3v) is 4.42. The summed E-state index contributed by atoms with van der Waals surface area (Å²) >= 11 is 5.10. The first-order valence-corrected chi connectivity index (χ1v) is 7.60. The predicted molar refractivity (Wildman–Crippen MR) is 82.1 cm³/mol. The van der Waals surface area contributed by atoms with Gasteiger partial charge in [-0.3, -0.25) is 4.79 Å². The molecule has 1 heterocycles. The Labute approximate surface area is 125 Å². The third kappa shape index (κ3) is 4.16. The first-order valence-electron chi connectivity index (χ1n) is 5.99. The molecule has 2 rings (SSSR count). The van der Waals surface area contributed by atoms with Gasteiger partial charge in [-0.2, -0.15) is 0 Å². The van der Waals surface area contributed by atoms with Gasteiger partial charge in [-0.15, -0.1) is 11.3 Å². The van der Waals surface area contributed by atoms with Crippen LogP contribution >= 0.6 is 27.3 Å². The molecular formula is C14H15BrN2OS. The fourth-order valence-corrected chi connectivity index (χ4v) is 3.20. The zero-order valence-corrected chi connectivity index (χ0v) is 12.7. The molecule has 0 aliphatic carbocycles. The summed E-state index contributed by atoms with van der Waals surface area (Å²) in [6.07, 6.45) is 0.823. The maximum atomic E-state index is 11.9. The van der Waals surface area contributed by atoms with Crippen molar-refractivity contribution < 1.29 is 4.79 Å². The van der Waals surface area contributed by atoms with E-state index in [-0.39, 0.29) is 5.91 Å². The zero-order valence-electron chi connectivity index (χ0n) is 10.3. The van der Waals surface area contributed by atoms with Crippen molar-refractivity contribution in [3.8, 4) is 0 Å². The lowest BCUT2D eigenvalue weighted by atomic mass is 10.1. The highest BCUT2D eigenvalue weighted by atomic mass is 79.9. The standard InChI is InChI=1S/C14H15BrN2OS/c15-12-7-6-11(19-12)8-9-17-14(18)13(16)10-4-2-1-3-5-10/h1-7,13H,8-9,16H2,(H,17,18)/t13-/m0/s1. The van der Waals surface area contributed by atoms with Gasteiger partial charge in [0.25, 0.3) is 0 Å². The summed E-state index contributed by atoms with van der Waals surface area (Å²) in [5, 5.41) is 2.87. The first-order chi connectivity index (χ1) is 9.16. The molecule has 2 aromatic rings. The lowest BCUT2D eigenvalue weighted by molar-refractivity contribution is -0.122. The number of hydrogen-bond acceptors (Lipinski definition) is 3. The largest absolute Gasteiger partial charge is 0.354 e. The molecule has 5 heteroatoms. The molecular weight excluding hydrogens is 324 g/mol. The van der Waals surface area contributed by atoms with Crippen LogP contribution in [0.1, 0.15) is 16.5 Å². The maximum absolute atomic E-state index is 11.9. The first kappa shape index (κ1) is 14.2. The average Bonchev–Trinajstić information content (AvgIpc) is 2.84. The van der Waals surface area contributed by atoms with Gasteiger partial charge in [0.2, 0.25) is 5.91 Å². The fraction of sp³-hybridized carbons (Fsp3) is 0.214. The minimum atomic E-state index is -0.601. The minimum absolute atomic E-state index is 0.137. The summed E-state index contributed by atoms with van der Waals surface area (Å²) in [7, 11) is 0. The van der Waals surface area contributed by atoms with Crippen molar-refractivity contribution in [2.24, 2.45) is 5.73 Å². The van der Waals surface area contributed by atoms with Crippen LogP contribution in [-0.4, -0.2) is 12.5 Å². The number of hydrogen-bond donors (Lipinski definition) is 2. The highest BCUT2D eigenvalue weighted by Gasteiger charge is 2.14. The van der Waals surface area contributed by atoms with Gasteiger partial charge in [0.1, 0.15) is 6.04 Å². The molecule has 3 N–H and O–H groups in total. The van der Waals surface area contributed by atoms with E-state index in [2.05, 4.69) is 27.3 Å². The highest BCUT2D eigenvalue weighted by Crippen LogP contribution is 2.22. The van der Waals surface area contributed by atoms with Gasteiger partial charge in [0.05, 0.1) is 3.79 Å². The Morgan fingerprint density at radius 2 is 2.00 bits per heavy atom. The van der Waals surface area contributed by atoms with Gasteiger partial charge in [-0.25, -0.2) is 0 Å². The van der Waals surface area contributed by atoms with E-state index in [4.69, 9.17) is 5.73 Å². The lowest BCUT2D eigenvalue weighted by Gasteiger charge is -2.12. The number of amides is 1. The van der Waals surface area contributed by atoms with Crippen molar-refractivity contribution in [2.45, 2.75) is 12.5 Å². The SMILES string of the molecule is N[C@H](C(=O)NCCc1ccc(Br)s1)c1ccccc1.